The van der Waals surface area contributed by atoms with Gasteiger partial charge in [-0.15, -0.1) is 0 Å². The van der Waals surface area contributed by atoms with Crippen LogP contribution in [0, 0.1) is 0 Å². The van der Waals surface area contributed by atoms with Gasteiger partial charge in [-0.3, -0.25) is 0 Å². The molecule has 0 unspecified atom stereocenters. The highest BCUT2D eigenvalue weighted by Crippen LogP contribution is 2.51. The van der Waals surface area contributed by atoms with Gasteiger partial charge in [0.1, 0.15) is 17.5 Å². The third-order valence-corrected chi connectivity index (χ3v) is 5.20. The number of aromatic nitrogens is 1. The van der Waals surface area contributed by atoms with Crippen molar-refractivity contribution >= 4 is 23.2 Å². The van der Waals surface area contributed by atoms with Crippen molar-refractivity contribution in [2.24, 2.45) is 10.7 Å². The van der Waals surface area contributed by atoms with Crippen molar-refractivity contribution in [2.45, 2.75) is 12.0 Å². The largest absolute Gasteiger partial charge is 0.462 e. The Kier molecular flexibility index (Phi) is 3.45. The standard InChI is InChI=1S/C19H16ClN3O3/c20-17-8-14-16(9-22-17)26-15-2-1-12(11-3-5-24-6-4-11)7-13(15)19(14)10-25-18(21)23-19/h1-3,7-9H,4-6,10H2,(H2,21,23)/t19-/m1/s1. The van der Waals surface area contributed by atoms with E-state index in [9.17, 15) is 0 Å². The second-order valence-corrected chi connectivity index (χ2v) is 6.86. The van der Waals surface area contributed by atoms with E-state index in [1.54, 1.807) is 12.3 Å². The third kappa shape index (κ3) is 2.29. The van der Waals surface area contributed by atoms with Crippen molar-refractivity contribution < 1.29 is 14.2 Å². The lowest BCUT2D eigenvalue weighted by molar-refractivity contribution is 0.161. The fourth-order valence-electron chi connectivity index (χ4n) is 3.72. The van der Waals surface area contributed by atoms with E-state index < -0.39 is 5.54 Å². The summed E-state index contributed by atoms with van der Waals surface area (Å²) in [7, 11) is 0. The summed E-state index contributed by atoms with van der Waals surface area (Å²) in [6.45, 7) is 1.66. The molecule has 5 rings (SSSR count). The summed E-state index contributed by atoms with van der Waals surface area (Å²) in [5, 5.41) is 0.374. The number of benzene rings is 1. The molecule has 26 heavy (non-hydrogen) atoms. The minimum Gasteiger partial charge on any atom is -0.462 e. The van der Waals surface area contributed by atoms with E-state index in [2.05, 4.69) is 28.2 Å². The minimum absolute atomic E-state index is 0.160. The molecule has 2 N–H and O–H groups in total. The number of fused-ring (bicyclic) bond motifs is 4. The molecule has 1 aromatic carbocycles. The van der Waals surface area contributed by atoms with Gasteiger partial charge in [0.05, 0.1) is 19.4 Å². The smallest absolute Gasteiger partial charge is 0.283 e. The third-order valence-electron chi connectivity index (χ3n) is 4.99. The molecule has 0 saturated heterocycles. The molecule has 0 bridgehead atoms. The Morgan fingerprint density at radius 2 is 2.04 bits per heavy atom. The molecule has 2 aromatic rings. The van der Waals surface area contributed by atoms with Gasteiger partial charge in [-0.2, -0.15) is 0 Å². The topological polar surface area (TPSA) is 79.0 Å². The molecule has 3 aliphatic heterocycles. The Balaban J connectivity index is 1.72. The highest BCUT2D eigenvalue weighted by Gasteiger charge is 2.47. The first kappa shape index (κ1) is 15.7. The molecule has 6 nitrogen and oxygen atoms in total. The molecule has 0 aliphatic carbocycles. The summed E-state index contributed by atoms with van der Waals surface area (Å²) < 4.78 is 17.0. The van der Waals surface area contributed by atoms with Crippen LogP contribution in [0.4, 0.5) is 0 Å². The molecular weight excluding hydrogens is 354 g/mol. The molecule has 1 spiro atoms. The fraction of sp³-hybridized carbons (Fsp3) is 0.263. The number of amidine groups is 1. The van der Waals surface area contributed by atoms with Crippen LogP contribution in [0.2, 0.25) is 5.15 Å². The molecule has 0 radical (unpaired) electrons. The number of hydrogen-bond donors (Lipinski definition) is 1. The highest BCUT2D eigenvalue weighted by atomic mass is 35.5. The van der Waals surface area contributed by atoms with Gasteiger partial charge >= 0.3 is 0 Å². The average molecular weight is 370 g/mol. The summed E-state index contributed by atoms with van der Waals surface area (Å²) >= 11 is 6.14. The predicted octanol–water partition coefficient (Wildman–Crippen LogP) is 3.23. The van der Waals surface area contributed by atoms with Crippen LogP contribution in [-0.4, -0.2) is 30.8 Å². The van der Waals surface area contributed by atoms with Crippen LogP contribution in [-0.2, 0) is 15.0 Å². The maximum atomic E-state index is 6.14. The molecule has 3 aliphatic rings. The lowest BCUT2D eigenvalue weighted by atomic mass is 9.80. The van der Waals surface area contributed by atoms with E-state index in [-0.39, 0.29) is 6.02 Å². The SMILES string of the molecule is NC1=N[C@]2(CO1)c1cc(C3=CCOCC3)ccc1Oc1cnc(Cl)cc12. The molecule has 0 saturated carbocycles. The predicted molar refractivity (Wildman–Crippen MR) is 97.5 cm³/mol. The zero-order chi connectivity index (χ0) is 17.7. The van der Waals surface area contributed by atoms with E-state index in [1.807, 2.05) is 6.07 Å². The maximum absolute atomic E-state index is 6.14. The first-order chi connectivity index (χ1) is 12.7. The summed E-state index contributed by atoms with van der Waals surface area (Å²) in [5.41, 5.74) is 9.21. The van der Waals surface area contributed by atoms with E-state index >= 15 is 0 Å². The zero-order valence-electron chi connectivity index (χ0n) is 13.9. The van der Waals surface area contributed by atoms with Gasteiger partial charge in [-0.25, -0.2) is 9.98 Å². The number of pyridine rings is 1. The number of aliphatic imine (C=N–C) groups is 1. The molecule has 0 fully saturated rings. The quantitative estimate of drug-likeness (QED) is 0.781. The normalized spacial score (nSPS) is 23.4. The van der Waals surface area contributed by atoms with Crippen molar-refractivity contribution in [1.29, 1.82) is 0 Å². The number of ether oxygens (including phenoxy) is 3. The second-order valence-electron chi connectivity index (χ2n) is 6.47. The number of nitrogens with two attached hydrogens (primary N) is 1. The van der Waals surface area contributed by atoms with Gasteiger partial charge in [0.2, 0.25) is 0 Å². The van der Waals surface area contributed by atoms with Crippen LogP contribution >= 0.6 is 11.6 Å². The van der Waals surface area contributed by atoms with Crippen LogP contribution in [0.3, 0.4) is 0 Å². The van der Waals surface area contributed by atoms with E-state index in [0.29, 0.717) is 24.1 Å². The molecule has 4 heterocycles. The Labute approximate surface area is 155 Å². The number of hydrogen-bond acceptors (Lipinski definition) is 6. The molecular formula is C19H16ClN3O3. The molecule has 0 amide bonds. The van der Waals surface area contributed by atoms with Gasteiger partial charge in [-0.1, -0.05) is 23.7 Å². The van der Waals surface area contributed by atoms with Crippen LogP contribution in [0.5, 0.6) is 11.5 Å². The molecule has 1 aromatic heterocycles. The molecule has 1 atom stereocenters. The number of rotatable bonds is 1. The second kappa shape index (κ2) is 5.72. The summed E-state index contributed by atoms with van der Waals surface area (Å²) in [5.74, 6) is 1.34. The van der Waals surface area contributed by atoms with Gasteiger partial charge in [-0.05, 0) is 35.8 Å². The van der Waals surface area contributed by atoms with Gasteiger partial charge in [0, 0.05) is 11.1 Å². The average Bonchev–Trinajstić information content (AvgIpc) is 3.06. The Hall–Kier alpha value is -2.57. The number of halogens is 1. The summed E-state index contributed by atoms with van der Waals surface area (Å²) in [4.78, 5) is 8.78. The first-order valence-electron chi connectivity index (χ1n) is 8.39. The summed E-state index contributed by atoms with van der Waals surface area (Å²) in [6, 6.07) is 8.05. The van der Waals surface area contributed by atoms with Gasteiger partial charge < -0.3 is 19.9 Å². The van der Waals surface area contributed by atoms with Crippen molar-refractivity contribution in [3.63, 3.8) is 0 Å². The van der Waals surface area contributed by atoms with E-state index in [4.69, 9.17) is 31.5 Å². The highest BCUT2D eigenvalue weighted by molar-refractivity contribution is 6.29. The van der Waals surface area contributed by atoms with E-state index in [1.165, 1.54) is 5.57 Å². The van der Waals surface area contributed by atoms with Crippen molar-refractivity contribution in [3.05, 3.63) is 58.4 Å². The monoisotopic (exact) mass is 369 g/mol. The van der Waals surface area contributed by atoms with Crippen LogP contribution in [0.25, 0.3) is 5.57 Å². The lowest BCUT2D eigenvalue weighted by Gasteiger charge is -2.33. The van der Waals surface area contributed by atoms with Gasteiger partial charge in [0.25, 0.3) is 6.02 Å². The molecule has 132 valence electrons. The van der Waals surface area contributed by atoms with Crippen LogP contribution in [0.1, 0.15) is 23.1 Å². The Morgan fingerprint density at radius 1 is 1.15 bits per heavy atom. The lowest BCUT2D eigenvalue weighted by Crippen LogP contribution is -2.31. The van der Waals surface area contributed by atoms with Crippen LogP contribution < -0.4 is 10.5 Å². The van der Waals surface area contributed by atoms with E-state index in [0.717, 1.165) is 35.5 Å². The minimum atomic E-state index is -0.776. The summed E-state index contributed by atoms with van der Waals surface area (Å²) in [6.07, 6.45) is 4.60. The number of nitrogens with zero attached hydrogens (tertiary/aromatic N) is 2. The first-order valence-corrected chi connectivity index (χ1v) is 8.77. The Bertz CT molecular complexity index is 972. The van der Waals surface area contributed by atoms with Crippen LogP contribution in [0.15, 0.2) is 41.5 Å². The molecule has 7 heteroatoms. The van der Waals surface area contributed by atoms with Gasteiger partial charge in [0.15, 0.2) is 11.3 Å². The maximum Gasteiger partial charge on any atom is 0.283 e. The fourth-order valence-corrected chi connectivity index (χ4v) is 3.88. The zero-order valence-corrected chi connectivity index (χ0v) is 14.6. The van der Waals surface area contributed by atoms with Crippen molar-refractivity contribution in [2.75, 3.05) is 19.8 Å². The Morgan fingerprint density at radius 3 is 2.81 bits per heavy atom. The van der Waals surface area contributed by atoms with Crippen molar-refractivity contribution in [1.82, 2.24) is 4.98 Å². The van der Waals surface area contributed by atoms with Crippen molar-refractivity contribution in [3.8, 4) is 11.5 Å².